The third-order valence-electron chi connectivity index (χ3n) is 5.44. The SMILES string of the molecule is CCNC(=NCC(C1CCOC1)N1CCOCC1)NCC(C)Sc1ccccc1.I. The monoisotopic (exact) mass is 548 g/mol. The molecule has 6 nitrogen and oxygen atoms in total. The zero-order valence-electron chi connectivity index (χ0n) is 18.2. The molecule has 30 heavy (non-hydrogen) atoms. The summed E-state index contributed by atoms with van der Waals surface area (Å²) in [7, 11) is 0. The number of nitrogens with zero attached hydrogens (tertiary/aromatic N) is 2. The maximum atomic E-state index is 5.68. The summed E-state index contributed by atoms with van der Waals surface area (Å²) in [5.41, 5.74) is 0. The first kappa shape index (κ1) is 25.7. The van der Waals surface area contributed by atoms with Gasteiger partial charge in [-0.1, -0.05) is 25.1 Å². The van der Waals surface area contributed by atoms with Crippen LogP contribution in [0, 0.1) is 5.92 Å². The number of hydrogen-bond donors (Lipinski definition) is 2. The van der Waals surface area contributed by atoms with Gasteiger partial charge in [-0.2, -0.15) is 0 Å². The van der Waals surface area contributed by atoms with Crippen LogP contribution in [0.1, 0.15) is 20.3 Å². The number of thioether (sulfide) groups is 1. The summed E-state index contributed by atoms with van der Waals surface area (Å²) in [5.74, 6) is 1.47. The highest BCUT2D eigenvalue weighted by molar-refractivity contribution is 14.0. The lowest BCUT2D eigenvalue weighted by molar-refractivity contribution is 0.00368. The second kappa shape index (κ2) is 14.5. The first-order chi connectivity index (χ1) is 14.3. The Kier molecular flexibility index (Phi) is 12.4. The minimum atomic E-state index is 0. The van der Waals surface area contributed by atoms with Crippen LogP contribution in [-0.2, 0) is 9.47 Å². The molecule has 170 valence electrons. The number of ether oxygens (including phenoxy) is 2. The molecule has 2 aliphatic heterocycles. The van der Waals surface area contributed by atoms with Gasteiger partial charge in [0.05, 0.1) is 26.4 Å². The van der Waals surface area contributed by atoms with Crippen LogP contribution in [0.4, 0.5) is 0 Å². The largest absolute Gasteiger partial charge is 0.381 e. The summed E-state index contributed by atoms with van der Waals surface area (Å²) in [6.45, 7) is 12.3. The van der Waals surface area contributed by atoms with Gasteiger partial charge in [0.2, 0.25) is 0 Å². The van der Waals surface area contributed by atoms with Crippen molar-refractivity contribution in [2.45, 2.75) is 36.5 Å². The third-order valence-corrected chi connectivity index (χ3v) is 6.56. The van der Waals surface area contributed by atoms with Crippen molar-refractivity contribution in [1.29, 1.82) is 0 Å². The Morgan fingerprint density at radius 1 is 1.17 bits per heavy atom. The fraction of sp³-hybridized carbons (Fsp3) is 0.682. The smallest absolute Gasteiger partial charge is 0.191 e. The van der Waals surface area contributed by atoms with E-state index in [1.807, 2.05) is 11.8 Å². The number of guanidine groups is 1. The molecule has 2 saturated heterocycles. The Morgan fingerprint density at radius 2 is 1.93 bits per heavy atom. The van der Waals surface area contributed by atoms with E-state index in [4.69, 9.17) is 14.5 Å². The summed E-state index contributed by atoms with van der Waals surface area (Å²) >= 11 is 1.89. The van der Waals surface area contributed by atoms with E-state index in [1.54, 1.807) is 0 Å². The second-order valence-electron chi connectivity index (χ2n) is 7.68. The Balaban J connectivity index is 0.00000320. The van der Waals surface area contributed by atoms with E-state index in [2.05, 4.69) is 59.7 Å². The molecule has 0 bridgehead atoms. The number of morpholine rings is 1. The van der Waals surface area contributed by atoms with Crippen molar-refractivity contribution >= 4 is 41.7 Å². The van der Waals surface area contributed by atoms with Gasteiger partial charge in [0, 0.05) is 54.9 Å². The molecule has 2 N–H and O–H groups in total. The molecule has 2 fully saturated rings. The maximum Gasteiger partial charge on any atom is 0.191 e. The van der Waals surface area contributed by atoms with Gasteiger partial charge in [-0.25, -0.2) is 0 Å². The summed E-state index contributed by atoms with van der Waals surface area (Å²) in [4.78, 5) is 8.81. The minimum Gasteiger partial charge on any atom is -0.381 e. The molecular weight excluding hydrogens is 511 g/mol. The Bertz CT molecular complexity index is 610. The summed E-state index contributed by atoms with van der Waals surface area (Å²) < 4.78 is 11.2. The van der Waals surface area contributed by atoms with Crippen LogP contribution in [-0.4, -0.2) is 81.3 Å². The molecule has 0 saturated carbocycles. The Hall–Kier alpha value is -0.550. The lowest BCUT2D eigenvalue weighted by Crippen LogP contribution is -2.49. The van der Waals surface area contributed by atoms with Crippen molar-refractivity contribution in [1.82, 2.24) is 15.5 Å². The van der Waals surface area contributed by atoms with Crippen molar-refractivity contribution in [2.24, 2.45) is 10.9 Å². The van der Waals surface area contributed by atoms with Crippen molar-refractivity contribution in [3.8, 4) is 0 Å². The molecular formula is C22H37IN4O2S. The van der Waals surface area contributed by atoms with Crippen LogP contribution in [0.15, 0.2) is 40.2 Å². The van der Waals surface area contributed by atoms with Crippen LogP contribution in [0.2, 0.25) is 0 Å². The molecule has 2 aliphatic rings. The summed E-state index contributed by atoms with van der Waals surface area (Å²) in [6.07, 6.45) is 1.13. The average molecular weight is 549 g/mol. The molecule has 0 aliphatic carbocycles. The van der Waals surface area contributed by atoms with Gasteiger partial charge in [0.15, 0.2) is 5.96 Å². The van der Waals surface area contributed by atoms with Crippen molar-refractivity contribution in [2.75, 3.05) is 59.2 Å². The predicted molar refractivity (Wildman–Crippen MR) is 136 cm³/mol. The number of hydrogen-bond acceptors (Lipinski definition) is 5. The predicted octanol–water partition coefficient (Wildman–Crippen LogP) is 3.08. The average Bonchev–Trinajstić information content (AvgIpc) is 3.28. The molecule has 2 heterocycles. The van der Waals surface area contributed by atoms with Crippen LogP contribution >= 0.6 is 35.7 Å². The molecule has 0 spiro atoms. The minimum absolute atomic E-state index is 0. The second-order valence-corrected chi connectivity index (χ2v) is 9.19. The van der Waals surface area contributed by atoms with Crippen LogP contribution in [0.3, 0.4) is 0 Å². The molecule has 3 unspecified atom stereocenters. The van der Waals surface area contributed by atoms with E-state index in [9.17, 15) is 0 Å². The molecule has 3 rings (SSSR count). The maximum absolute atomic E-state index is 5.68. The molecule has 0 radical (unpaired) electrons. The van der Waals surface area contributed by atoms with Crippen LogP contribution < -0.4 is 10.6 Å². The van der Waals surface area contributed by atoms with Gasteiger partial charge in [-0.15, -0.1) is 35.7 Å². The summed E-state index contributed by atoms with van der Waals surface area (Å²) in [6, 6.07) is 11.0. The highest BCUT2D eigenvalue weighted by Gasteiger charge is 2.31. The van der Waals surface area contributed by atoms with Crippen molar-refractivity contribution in [3.05, 3.63) is 30.3 Å². The van der Waals surface area contributed by atoms with Gasteiger partial charge in [-0.05, 0) is 25.5 Å². The Labute approximate surface area is 203 Å². The number of aliphatic imine (C=N–C) groups is 1. The van der Waals surface area contributed by atoms with Crippen LogP contribution in [0.25, 0.3) is 0 Å². The van der Waals surface area contributed by atoms with E-state index in [0.29, 0.717) is 17.2 Å². The number of rotatable bonds is 9. The highest BCUT2D eigenvalue weighted by Crippen LogP contribution is 2.23. The van der Waals surface area contributed by atoms with Gasteiger partial charge >= 0.3 is 0 Å². The first-order valence-electron chi connectivity index (χ1n) is 10.9. The fourth-order valence-corrected chi connectivity index (χ4v) is 4.81. The van der Waals surface area contributed by atoms with E-state index in [-0.39, 0.29) is 24.0 Å². The van der Waals surface area contributed by atoms with Crippen molar-refractivity contribution < 1.29 is 9.47 Å². The Morgan fingerprint density at radius 3 is 2.60 bits per heavy atom. The van der Waals surface area contributed by atoms with Crippen LogP contribution in [0.5, 0.6) is 0 Å². The van der Waals surface area contributed by atoms with Gasteiger partial charge < -0.3 is 20.1 Å². The quantitative estimate of drug-likeness (QED) is 0.214. The van der Waals surface area contributed by atoms with E-state index in [0.717, 1.165) is 71.5 Å². The van der Waals surface area contributed by atoms with E-state index in [1.165, 1.54) is 4.90 Å². The van der Waals surface area contributed by atoms with E-state index >= 15 is 0 Å². The molecule has 0 amide bonds. The fourth-order valence-electron chi connectivity index (χ4n) is 3.87. The molecule has 1 aromatic carbocycles. The molecule has 1 aromatic rings. The standard InChI is InChI=1S/C22H36N4O2S.HI/c1-3-23-22(24-15-18(2)29-20-7-5-4-6-8-20)25-16-21(19-9-12-28-17-19)26-10-13-27-14-11-26;/h4-8,18-19,21H,3,9-17H2,1-2H3,(H2,23,24,25);1H. The number of halogens is 1. The highest BCUT2D eigenvalue weighted by atomic mass is 127. The number of benzene rings is 1. The number of nitrogens with one attached hydrogen (secondary N) is 2. The zero-order chi connectivity index (χ0) is 20.3. The molecule has 8 heteroatoms. The lowest BCUT2D eigenvalue weighted by atomic mass is 9.97. The molecule has 0 aromatic heterocycles. The van der Waals surface area contributed by atoms with Gasteiger partial charge in [-0.3, -0.25) is 9.89 Å². The third kappa shape index (κ3) is 8.53. The molecule has 3 atom stereocenters. The zero-order valence-corrected chi connectivity index (χ0v) is 21.4. The topological polar surface area (TPSA) is 58.1 Å². The lowest BCUT2D eigenvalue weighted by Gasteiger charge is -2.36. The van der Waals surface area contributed by atoms with Crippen molar-refractivity contribution in [3.63, 3.8) is 0 Å². The van der Waals surface area contributed by atoms with Gasteiger partial charge in [0.1, 0.15) is 0 Å². The van der Waals surface area contributed by atoms with E-state index < -0.39 is 0 Å². The van der Waals surface area contributed by atoms with Gasteiger partial charge in [0.25, 0.3) is 0 Å². The summed E-state index contributed by atoms with van der Waals surface area (Å²) in [5, 5.41) is 7.40. The first-order valence-corrected chi connectivity index (χ1v) is 11.8. The normalized spacial score (nSPS) is 22.2.